The fourth-order valence-electron chi connectivity index (χ4n) is 1.64. The number of aryl methyl sites for hydroxylation is 1. The van der Waals surface area contributed by atoms with Gasteiger partial charge in [0.2, 0.25) is 0 Å². The summed E-state index contributed by atoms with van der Waals surface area (Å²) in [5.41, 5.74) is 2.60. The van der Waals surface area contributed by atoms with E-state index in [2.05, 4.69) is 16.4 Å². The van der Waals surface area contributed by atoms with E-state index in [9.17, 15) is 0 Å². The van der Waals surface area contributed by atoms with Crippen molar-refractivity contribution < 1.29 is 4.74 Å². The Balaban J connectivity index is 2.07. The minimum Gasteiger partial charge on any atom is -0.489 e. The maximum atomic E-state index is 8.87. The molecule has 1 aromatic heterocycles. The zero-order chi connectivity index (χ0) is 13.7. The predicted molar refractivity (Wildman–Crippen MR) is 74.0 cm³/mol. The number of ether oxygens (including phenoxy) is 1. The van der Waals surface area contributed by atoms with Crippen LogP contribution in [0.15, 0.2) is 36.5 Å². The third-order valence-corrected chi connectivity index (χ3v) is 2.79. The van der Waals surface area contributed by atoms with Crippen molar-refractivity contribution in [1.82, 2.24) is 4.98 Å². The molecule has 0 saturated heterocycles. The molecule has 0 aliphatic carbocycles. The van der Waals surface area contributed by atoms with Crippen molar-refractivity contribution in [1.29, 1.82) is 5.26 Å². The Hall–Kier alpha value is -2.54. The van der Waals surface area contributed by atoms with Gasteiger partial charge in [-0.3, -0.25) is 0 Å². The van der Waals surface area contributed by atoms with E-state index in [1.807, 2.05) is 32.2 Å². The van der Waals surface area contributed by atoms with E-state index in [4.69, 9.17) is 10.00 Å². The highest BCUT2D eigenvalue weighted by atomic mass is 16.5. The largest absolute Gasteiger partial charge is 0.489 e. The van der Waals surface area contributed by atoms with Gasteiger partial charge in [-0.05, 0) is 30.7 Å². The van der Waals surface area contributed by atoms with Crippen LogP contribution in [0, 0.1) is 18.3 Å². The summed E-state index contributed by atoms with van der Waals surface area (Å²) in [5.74, 6) is 1.56. The number of nitriles is 1. The van der Waals surface area contributed by atoms with Crippen LogP contribution in [0.4, 0.5) is 5.82 Å². The van der Waals surface area contributed by atoms with Crippen molar-refractivity contribution in [2.45, 2.75) is 13.5 Å². The maximum absolute atomic E-state index is 8.87. The predicted octanol–water partition coefficient (Wildman–Crippen LogP) is 2.88. The van der Waals surface area contributed by atoms with E-state index >= 15 is 0 Å². The van der Waals surface area contributed by atoms with Crippen LogP contribution in [-0.4, -0.2) is 12.0 Å². The SMILES string of the molecule is CNc1ccc(COc2cc(C#N)ccc2C)cn1. The van der Waals surface area contributed by atoms with Gasteiger partial charge < -0.3 is 10.1 Å². The van der Waals surface area contributed by atoms with Crippen molar-refractivity contribution in [2.24, 2.45) is 0 Å². The molecule has 0 aliphatic heterocycles. The topological polar surface area (TPSA) is 57.9 Å². The van der Waals surface area contributed by atoms with E-state index in [1.54, 1.807) is 18.3 Å². The van der Waals surface area contributed by atoms with Gasteiger partial charge in [-0.2, -0.15) is 5.26 Å². The van der Waals surface area contributed by atoms with E-state index in [-0.39, 0.29) is 0 Å². The van der Waals surface area contributed by atoms with Gasteiger partial charge in [0, 0.05) is 18.8 Å². The third kappa shape index (κ3) is 3.23. The highest BCUT2D eigenvalue weighted by Crippen LogP contribution is 2.20. The van der Waals surface area contributed by atoms with Gasteiger partial charge in [0.05, 0.1) is 11.6 Å². The molecule has 96 valence electrons. The second kappa shape index (κ2) is 5.87. The van der Waals surface area contributed by atoms with Crippen LogP contribution < -0.4 is 10.1 Å². The second-order valence-electron chi connectivity index (χ2n) is 4.18. The number of hydrogen-bond acceptors (Lipinski definition) is 4. The van der Waals surface area contributed by atoms with Crippen LogP contribution in [0.3, 0.4) is 0 Å². The van der Waals surface area contributed by atoms with Gasteiger partial charge in [-0.15, -0.1) is 0 Å². The highest BCUT2D eigenvalue weighted by Gasteiger charge is 2.02. The smallest absolute Gasteiger partial charge is 0.125 e. The summed E-state index contributed by atoms with van der Waals surface area (Å²) in [6.45, 7) is 2.39. The molecule has 0 atom stereocenters. The summed E-state index contributed by atoms with van der Waals surface area (Å²) in [5, 5.41) is 11.8. The Morgan fingerprint density at radius 2 is 2.16 bits per heavy atom. The van der Waals surface area contributed by atoms with Gasteiger partial charge >= 0.3 is 0 Å². The number of nitrogens with one attached hydrogen (secondary N) is 1. The number of benzene rings is 1. The van der Waals surface area contributed by atoms with E-state index in [0.29, 0.717) is 12.2 Å². The number of nitrogens with zero attached hydrogens (tertiary/aromatic N) is 2. The molecule has 4 heteroatoms. The number of anilines is 1. The van der Waals surface area contributed by atoms with Crippen LogP contribution in [0.25, 0.3) is 0 Å². The van der Waals surface area contributed by atoms with Gasteiger partial charge in [0.15, 0.2) is 0 Å². The Kier molecular flexibility index (Phi) is 3.99. The quantitative estimate of drug-likeness (QED) is 0.910. The maximum Gasteiger partial charge on any atom is 0.125 e. The lowest BCUT2D eigenvalue weighted by atomic mass is 10.1. The average Bonchev–Trinajstić information content (AvgIpc) is 2.47. The lowest BCUT2D eigenvalue weighted by molar-refractivity contribution is 0.303. The number of pyridine rings is 1. The number of hydrogen-bond donors (Lipinski definition) is 1. The van der Waals surface area contributed by atoms with Gasteiger partial charge in [-0.1, -0.05) is 12.1 Å². The molecule has 0 unspecified atom stereocenters. The number of aromatic nitrogens is 1. The first-order valence-electron chi connectivity index (χ1n) is 5.99. The van der Waals surface area contributed by atoms with Gasteiger partial charge in [0.25, 0.3) is 0 Å². The molecule has 0 radical (unpaired) electrons. The van der Waals surface area contributed by atoms with Crippen LogP contribution in [0.1, 0.15) is 16.7 Å². The van der Waals surface area contributed by atoms with E-state index < -0.39 is 0 Å². The molecule has 0 saturated carbocycles. The molecule has 1 aromatic carbocycles. The summed E-state index contributed by atoms with van der Waals surface area (Å²) in [6.07, 6.45) is 1.77. The molecule has 1 heterocycles. The third-order valence-electron chi connectivity index (χ3n) is 2.79. The molecule has 0 bridgehead atoms. The van der Waals surface area contributed by atoms with Crippen molar-refractivity contribution in [3.8, 4) is 11.8 Å². The summed E-state index contributed by atoms with van der Waals surface area (Å²) in [4.78, 5) is 4.22. The van der Waals surface area contributed by atoms with Crippen molar-refractivity contribution in [3.05, 3.63) is 53.2 Å². The molecule has 2 rings (SSSR count). The molecule has 4 nitrogen and oxygen atoms in total. The first kappa shape index (κ1) is 12.9. The summed E-state index contributed by atoms with van der Waals surface area (Å²) in [6, 6.07) is 11.4. The fourth-order valence-corrected chi connectivity index (χ4v) is 1.64. The summed E-state index contributed by atoms with van der Waals surface area (Å²) >= 11 is 0. The molecular weight excluding hydrogens is 238 g/mol. The van der Waals surface area contributed by atoms with Crippen molar-refractivity contribution >= 4 is 5.82 Å². The monoisotopic (exact) mass is 253 g/mol. The summed E-state index contributed by atoms with van der Waals surface area (Å²) in [7, 11) is 1.83. The minimum atomic E-state index is 0.437. The van der Waals surface area contributed by atoms with E-state index in [0.717, 1.165) is 22.7 Å². The molecule has 19 heavy (non-hydrogen) atoms. The minimum absolute atomic E-state index is 0.437. The highest BCUT2D eigenvalue weighted by molar-refractivity contribution is 5.42. The van der Waals surface area contributed by atoms with Crippen molar-refractivity contribution in [3.63, 3.8) is 0 Å². The van der Waals surface area contributed by atoms with Crippen molar-refractivity contribution in [2.75, 3.05) is 12.4 Å². The Morgan fingerprint density at radius 3 is 2.79 bits per heavy atom. The van der Waals surface area contributed by atoms with Crippen LogP contribution >= 0.6 is 0 Å². The second-order valence-corrected chi connectivity index (χ2v) is 4.18. The zero-order valence-electron chi connectivity index (χ0n) is 11.0. The van der Waals surface area contributed by atoms with Gasteiger partial charge in [0.1, 0.15) is 18.2 Å². The first-order chi connectivity index (χ1) is 9.22. The molecule has 0 amide bonds. The number of rotatable bonds is 4. The molecule has 0 aliphatic rings. The Labute approximate surface area is 112 Å². The normalized spacial score (nSPS) is 9.74. The van der Waals surface area contributed by atoms with E-state index in [1.165, 1.54) is 0 Å². The molecule has 0 spiro atoms. The van der Waals surface area contributed by atoms with Crippen LogP contribution in [0.2, 0.25) is 0 Å². The average molecular weight is 253 g/mol. The van der Waals surface area contributed by atoms with Crippen LogP contribution in [0.5, 0.6) is 5.75 Å². The molecule has 0 fully saturated rings. The lowest BCUT2D eigenvalue weighted by Crippen LogP contribution is -1.99. The zero-order valence-corrected chi connectivity index (χ0v) is 11.0. The summed E-state index contributed by atoms with van der Waals surface area (Å²) < 4.78 is 5.73. The Bertz CT molecular complexity index is 600. The molecular formula is C15H15N3O. The van der Waals surface area contributed by atoms with Crippen LogP contribution in [-0.2, 0) is 6.61 Å². The molecule has 1 N–H and O–H groups in total. The molecule has 2 aromatic rings. The van der Waals surface area contributed by atoms with Gasteiger partial charge in [-0.25, -0.2) is 4.98 Å². The lowest BCUT2D eigenvalue weighted by Gasteiger charge is -2.09. The first-order valence-corrected chi connectivity index (χ1v) is 5.99. The Morgan fingerprint density at radius 1 is 1.32 bits per heavy atom. The fraction of sp³-hybridized carbons (Fsp3) is 0.200. The standard InChI is InChI=1S/C15H15N3O/c1-11-3-4-12(8-16)7-14(11)19-10-13-5-6-15(17-2)18-9-13/h3-7,9H,10H2,1-2H3,(H,17,18).